The van der Waals surface area contributed by atoms with Crippen LogP contribution in [-0.2, 0) is 16.2 Å². The monoisotopic (exact) mass is 527 g/mol. The summed E-state index contributed by atoms with van der Waals surface area (Å²) in [5, 5.41) is 6.32. The van der Waals surface area contributed by atoms with Crippen LogP contribution in [0.2, 0.25) is 19.1 Å². The zero-order valence-corrected chi connectivity index (χ0v) is 23.2. The molecule has 8 nitrogen and oxygen atoms in total. The minimum atomic E-state index is -0.576. The maximum atomic E-state index is 15.0. The van der Waals surface area contributed by atoms with Gasteiger partial charge in [-0.05, 0) is 35.7 Å². The molecule has 10 heteroatoms. The fraction of sp³-hybridized carbons (Fsp3) is 0.481. The Bertz CT molecular complexity index is 1240. The van der Waals surface area contributed by atoms with Crippen LogP contribution in [0.4, 0.5) is 14.9 Å². The van der Waals surface area contributed by atoms with Crippen LogP contribution in [0.5, 0.6) is 11.5 Å². The predicted molar refractivity (Wildman–Crippen MR) is 144 cm³/mol. The number of hydrogen-bond donors (Lipinski definition) is 2. The van der Waals surface area contributed by atoms with E-state index in [4.69, 9.17) is 14.2 Å². The molecule has 199 valence electrons. The Morgan fingerprint density at radius 3 is 2.70 bits per heavy atom. The van der Waals surface area contributed by atoms with Crippen molar-refractivity contribution >= 4 is 31.5 Å². The van der Waals surface area contributed by atoms with Gasteiger partial charge in [-0.3, -0.25) is 0 Å². The first-order chi connectivity index (χ1) is 17.6. The number of pyridine rings is 1. The van der Waals surface area contributed by atoms with Crippen LogP contribution in [-0.4, -0.2) is 50.7 Å². The van der Waals surface area contributed by atoms with E-state index in [0.29, 0.717) is 44.5 Å². The molecule has 0 aliphatic carbocycles. The number of halogens is 1. The molecule has 37 heavy (non-hydrogen) atoms. The Morgan fingerprint density at radius 2 is 2.05 bits per heavy atom. The number of urea groups is 1. The number of rotatable bonds is 11. The molecule has 2 N–H and O–H groups in total. The highest BCUT2D eigenvalue weighted by atomic mass is 28.3. The van der Waals surface area contributed by atoms with Gasteiger partial charge in [-0.25, -0.2) is 14.2 Å². The number of anilines is 1. The van der Waals surface area contributed by atoms with Gasteiger partial charge in [-0.1, -0.05) is 33.9 Å². The summed E-state index contributed by atoms with van der Waals surface area (Å²) in [5.41, 5.74) is 2.08. The van der Waals surface area contributed by atoms with Gasteiger partial charge >= 0.3 is 6.03 Å². The van der Waals surface area contributed by atoms with Crippen LogP contribution in [0, 0.1) is 11.2 Å². The summed E-state index contributed by atoms with van der Waals surface area (Å²) in [7, 11) is -0.338. The molecular weight excluding hydrogens is 491 g/mol. The first-order valence-electron chi connectivity index (χ1n) is 12.6. The second-order valence-electron chi connectivity index (χ2n) is 10.6. The van der Waals surface area contributed by atoms with Crippen LogP contribution in [0.1, 0.15) is 32.3 Å². The van der Waals surface area contributed by atoms with E-state index >= 15 is 4.39 Å². The number of ether oxygens (including phenoxy) is 3. The maximum Gasteiger partial charge on any atom is 0.319 e. The van der Waals surface area contributed by atoms with Crippen molar-refractivity contribution in [2.24, 2.45) is 5.41 Å². The molecule has 0 bridgehead atoms. The minimum absolute atomic E-state index is 0.0503. The summed E-state index contributed by atoms with van der Waals surface area (Å²) >= 11 is 0. The topological polar surface area (TPSA) is 86.6 Å². The lowest BCUT2D eigenvalue weighted by Gasteiger charge is -2.37. The smallest absolute Gasteiger partial charge is 0.319 e. The van der Waals surface area contributed by atoms with Gasteiger partial charge in [0.15, 0.2) is 11.6 Å². The second kappa shape index (κ2) is 11.6. The summed E-state index contributed by atoms with van der Waals surface area (Å²) in [6.07, 6.45) is 3.69. The van der Waals surface area contributed by atoms with Gasteiger partial charge in [0.25, 0.3) is 0 Å². The molecule has 0 saturated carbocycles. The quantitative estimate of drug-likeness (QED) is 0.237. The Morgan fingerprint density at radius 1 is 1.27 bits per heavy atom. The molecule has 1 saturated heterocycles. The van der Waals surface area contributed by atoms with E-state index in [0.717, 1.165) is 22.6 Å². The van der Waals surface area contributed by atoms with Crippen LogP contribution >= 0.6 is 0 Å². The summed E-state index contributed by atoms with van der Waals surface area (Å²) in [5.74, 6) is 0.220. The molecular formula is C27H36FN4O4Si. The fourth-order valence-electron chi connectivity index (χ4n) is 4.08. The third kappa shape index (κ3) is 6.68. The molecule has 0 atom stereocenters. The number of carbonyl (C=O) groups is 1. The van der Waals surface area contributed by atoms with Gasteiger partial charge in [-0.2, -0.15) is 0 Å². The van der Waals surface area contributed by atoms with Gasteiger partial charge in [-0.15, -0.1) is 0 Å². The van der Waals surface area contributed by atoms with Crippen molar-refractivity contribution in [2.75, 3.05) is 31.7 Å². The number of nitrogens with zero attached hydrogens (tertiary/aromatic N) is 2. The average Bonchev–Trinajstić information content (AvgIpc) is 3.21. The lowest BCUT2D eigenvalue weighted by molar-refractivity contribution is -0.0974. The Balaban J connectivity index is 1.48. The van der Waals surface area contributed by atoms with Crippen molar-refractivity contribution in [3.63, 3.8) is 0 Å². The summed E-state index contributed by atoms with van der Waals surface area (Å²) in [6.45, 7) is 13.6. The highest BCUT2D eigenvalue weighted by Crippen LogP contribution is 2.37. The van der Waals surface area contributed by atoms with E-state index in [1.165, 1.54) is 12.1 Å². The number of hydrogen-bond acceptors (Lipinski definition) is 5. The van der Waals surface area contributed by atoms with E-state index in [-0.39, 0.29) is 25.9 Å². The number of nitrogens with one attached hydrogen (secondary N) is 2. The molecule has 1 aliphatic rings. The van der Waals surface area contributed by atoms with E-state index in [9.17, 15) is 4.79 Å². The lowest BCUT2D eigenvalue weighted by atomic mass is 9.89. The van der Waals surface area contributed by atoms with Crippen molar-refractivity contribution < 1.29 is 23.4 Å². The molecule has 0 unspecified atom stereocenters. The highest BCUT2D eigenvalue weighted by molar-refractivity contribution is 6.55. The number of fused-ring (bicyclic) bond motifs is 1. The Kier molecular flexibility index (Phi) is 8.51. The standard InChI is InChI=1S/C27H36FN4O4Si/c1-18(2)20-13-32(17-34-10-11-37(4)5)25-24(20)23(8-9-29-25)36-22-7-6-19(12-21(22)28)31-26(33)30-14-27(3)15-35-16-27/h6-9,12-13,18H,10-11,14-17H2,1-5H3,(H2,30,31,33). The van der Waals surface area contributed by atoms with Crippen LogP contribution < -0.4 is 15.4 Å². The van der Waals surface area contributed by atoms with Gasteiger partial charge in [0, 0.05) is 51.5 Å². The molecule has 1 aliphatic heterocycles. The summed E-state index contributed by atoms with van der Waals surface area (Å²) in [4.78, 5) is 16.8. The van der Waals surface area contributed by atoms with Crippen molar-refractivity contribution in [1.29, 1.82) is 0 Å². The third-order valence-electron chi connectivity index (χ3n) is 6.33. The number of benzene rings is 1. The van der Waals surface area contributed by atoms with E-state index in [1.807, 2.05) is 17.7 Å². The number of carbonyl (C=O) groups excluding carboxylic acids is 1. The Labute approximate surface area is 219 Å². The van der Waals surface area contributed by atoms with Crippen molar-refractivity contribution in [3.05, 3.63) is 48.0 Å². The lowest BCUT2D eigenvalue weighted by Crippen LogP contribution is -2.49. The molecule has 1 radical (unpaired) electrons. The summed E-state index contributed by atoms with van der Waals surface area (Å²) in [6, 6.07) is 6.82. The van der Waals surface area contributed by atoms with Gasteiger partial charge in [0.2, 0.25) is 0 Å². The maximum absolute atomic E-state index is 15.0. The highest BCUT2D eigenvalue weighted by Gasteiger charge is 2.33. The largest absolute Gasteiger partial charge is 0.453 e. The van der Waals surface area contributed by atoms with Crippen LogP contribution in [0.3, 0.4) is 0 Å². The van der Waals surface area contributed by atoms with Crippen molar-refractivity contribution in [1.82, 2.24) is 14.9 Å². The number of aromatic nitrogens is 2. The SMILES string of the molecule is CC(C)c1cn(COCC[Si](C)C)c2nccc(Oc3ccc(NC(=O)NCC4(C)COC4)cc3F)c12. The number of amides is 2. The van der Waals surface area contributed by atoms with E-state index in [1.54, 1.807) is 18.3 Å². The zero-order chi connectivity index (χ0) is 26.6. The zero-order valence-electron chi connectivity index (χ0n) is 22.2. The van der Waals surface area contributed by atoms with Crippen LogP contribution in [0.25, 0.3) is 11.0 Å². The van der Waals surface area contributed by atoms with Crippen molar-refractivity contribution in [3.8, 4) is 11.5 Å². The first-order valence-corrected chi connectivity index (χ1v) is 15.3. The van der Waals surface area contributed by atoms with Crippen LogP contribution in [0.15, 0.2) is 36.7 Å². The van der Waals surface area contributed by atoms with Gasteiger partial charge < -0.3 is 29.4 Å². The minimum Gasteiger partial charge on any atom is -0.453 e. The second-order valence-corrected chi connectivity index (χ2v) is 13.5. The third-order valence-corrected chi connectivity index (χ3v) is 7.54. The average molecular weight is 528 g/mol. The molecule has 1 aromatic carbocycles. The fourth-order valence-corrected chi connectivity index (χ4v) is 4.63. The molecule has 4 rings (SSSR count). The predicted octanol–water partition coefficient (Wildman–Crippen LogP) is 5.98. The van der Waals surface area contributed by atoms with Gasteiger partial charge in [0.1, 0.15) is 18.1 Å². The molecule has 0 spiro atoms. The van der Waals surface area contributed by atoms with Crippen molar-refractivity contribution in [2.45, 2.75) is 52.6 Å². The molecule has 3 heterocycles. The molecule has 1 fully saturated rings. The van der Waals surface area contributed by atoms with E-state index < -0.39 is 11.8 Å². The normalized spacial score (nSPS) is 14.7. The first kappa shape index (κ1) is 27.1. The Hall–Kier alpha value is -2.95. The summed E-state index contributed by atoms with van der Waals surface area (Å²) < 4.78 is 34.1. The molecule has 2 aromatic heterocycles. The molecule has 2 amide bonds. The van der Waals surface area contributed by atoms with Gasteiger partial charge in [0.05, 0.1) is 18.6 Å². The van der Waals surface area contributed by atoms with E-state index in [2.05, 4.69) is 42.6 Å². The molecule has 3 aromatic rings.